The minimum absolute atomic E-state index is 0.187. The topological polar surface area (TPSA) is 61.7 Å². The van der Waals surface area contributed by atoms with Crippen LogP contribution in [0.1, 0.15) is 32.1 Å². The Hall–Kier alpha value is -1.78. The van der Waals surface area contributed by atoms with Gasteiger partial charge >= 0.3 is 0 Å². The first-order valence-electron chi connectivity index (χ1n) is 8.85. The monoisotopic (exact) mass is 327 g/mol. The van der Waals surface area contributed by atoms with Crippen molar-refractivity contribution < 1.29 is 14.9 Å². The fraction of sp³-hybridized carbons (Fsp3) is 0.500. The molecule has 0 aromatic carbocycles. The smallest absolute Gasteiger partial charge is 0.195 e. The highest BCUT2D eigenvalue weighted by atomic mass is 16.5. The summed E-state index contributed by atoms with van der Waals surface area (Å²) in [4.78, 5) is 0. The quantitative estimate of drug-likeness (QED) is 0.745. The Morgan fingerprint density at radius 3 is 2.92 bits per heavy atom. The van der Waals surface area contributed by atoms with Crippen LogP contribution in [0.5, 0.6) is 0 Å². The SMILES string of the molecule is COC1=C2C3=C(CC=CC3=CCC3=C2C(O)CC(CCO)C3)CN1. The molecule has 128 valence electrons. The molecule has 2 unspecified atom stereocenters. The number of dihydropyridines is 1. The molecular formula is C20H25NO3. The summed E-state index contributed by atoms with van der Waals surface area (Å²) < 4.78 is 5.65. The number of aliphatic hydroxyl groups excluding tert-OH is 2. The van der Waals surface area contributed by atoms with Gasteiger partial charge < -0.3 is 20.3 Å². The fourth-order valence-corrected chi connectivity index (χ4v) is 4.57. The molecule has 0 aromatic heterocycles. The Balaban J connectivity index is 1.86. The first kappa shape index (κ1) is 15.7. The van der Waals surface area contributed by atoms with E-state index in [4.69, 9.17) is 4.74 Å². The van der Waals surface area contributed by atoms with Crippen molar-refractivity contribution in [1.82, 2.24) is 5.32 Å². The molecule has 1 aliphatic heterocycles. The van der Waals surface area contributed by atoms with Crippen molar-refractivity contribution in [1.29, 1.82) is 0 Å². The summed E-state index contributed by atoms with van der Waals surface area (Å²) in [5, 5.41) is 23.6. The lowest BCUT2D eigenvalue weighted by molar-refractivity contribution is 0.147. The molecule has 3 N–H and O–H groups in total. The number of hydrogen-bond donors (Lipinski definition) is 3. The van der Waals surface area contributed by atoms with Crippen molar-refractivity contribution in [3.8, 4) is 0 Å². The highest BCUT2D eigenvalue weighted by Crippen LogP contribution is 2.47. The van der Waals surface area contributed by atoms with Crippen molar-refractivity contribution in [3.05, 3.63) is 57.5 Å². The van der Waals surface area contributed by atoms with Gasteiger partial charge in [0.25, 0.3) is 0 Å². The van der Waals surface area contributed by atoms with Crippen LogP contribution in [-0.2, 0) is 4.74 Å². The Labute approximate surface area is 142 Å². The molecule has 0 fully saturated rings. The second-order valence-electron chi connectivity index (χ2n) is 7.06. The van der Waals surface area contributed by atoms with E-state index in [-0.39, 0.29) is 6.61 Å². The van der Waals surface area contributed by atoms with Crippen LogP contribution in [0.2, 0.25) is 0 Å². The first-order chi connectivity index (χ1) is 11.7. The Bertz CT molecular complexity index is 708. The van der Waals surface area contributed by atoms with Gasteiger partial charge in [-0.3, -0.25) is 0 Å². The Morgan fingerprint density at radius 1 is 1.25 bits per heavy atom. The maximum absolute atomic E-state index is 10.9. The predicted molar refractivity (Wildman–Crippen MR) is 93.0 cm³/mol. The lowest BCUT2D eigenvalue weighted by Gasteiger charge is -2.35. The minimum atomic E-state index is -0.488. The van der Waals surface area contributed by atoms with Crippen LogP contribution in [0.25, 0.3) is 0 Å². The van der Waals surface area contributed by atoms with Gasteiger partial charge in [-0.05, 0) is 60.3 Å². The van der Waals surface area contributed by atoms with E-state index in [0.29, 0.717) is 12.3 Å². The Morgan fingerprint density at radius 2 is 2.12 bits per heavy atom. The zero-order valence-electron chi connectivity index (χ0n) is 14.1. The summed E-state index contributed by atoms with van der Waals surface area (Å²) in [5.74, 6) is 1.14. The predicted octanol–water partition coefficient (Wildman–Crippen LogP) is 2.48. The van der Waals surface area contributed by atoms with Gasteiger partial charge in [0.15, 0.2) is 5.88 Å². The number of fused-ring (bicyclic) bond motifs is 1. The van der Waals surface area contributed by atoms with Crippen LogP contribution in [0, 0.1) is 5.92 Å². The molecule has 0 amide bonds. The van der Waals surface area contributed by atoms with Crippen LogP contribution in [0.15, 0.2) is 57.5 Å². The summed E-state index contributed by atoms with van der Waals surface area (Å²) in [6.07, 6.45) is 10.5. The zero-order chi connectivity index (χ0) is 16.7. The fourth-order valence-electron chi connectivity index (χ4n) is 4.57. The van der Waals surface area contributed by atoms with Crippen LogP contribution in [0.3, 0.4) is 0 Å². The average molecular weight is 327 g/mol. The van der Waals surface area contributed by atoms with Crippen LogP contribution in [-0.4, -0.2) is 36.6 Å². The molecule has 4 heteroatoms. The molecule has 1 heterocycles. The molecule has 2 atom stereocenters. The van der Waals surface area contributed by atoms with Crippen LogP contribution in [0.4, 0.5) is 0 Å². The highest BCUT2D eigenvalue weighted by Gasteiger charge is 2.37. The van der Waals surface area contributed by atoms with Gasteiger partial charge in [-0.1, -0.05) is 23.8 Å². The van der Waals surface area contributed by atoms with Crippen molar-refractivity contribution >= 4 is 0 Å². The number of nitrogens with one attached hydrogen (secondary N) is 1. The van der Waals surface area contributed by atoms with Crippen LogP contribution < -0.4 is 5.32 Å². The van der Waals surface area contributed by atoms with E-state index in [0.717, 1.165) is 49.3 Å². The van der Waals surface area contributed by atoms with E-state index >= 15 is 0 Å². The Kier molecular flexibility index (Phi) is 4.10. The summed E-state index contributed by atoms with van der Waals surface area (Å²) in [6.45, 7) is 0.988. The van der Waals surface area contributed by atoms with E-state index in [1.165, 1.54) is 22.3 Å². The van der Waals surface area contributed by atoms with E-state index in [9.17, 15) is 10.2 Å². The molecule has 4 rings (SSSR count). The lowest BCUT2D eigenvalue weighted by atomic mass is 9.75. The average Bonchev–Trinajstić information content (AvgIpc) is 2.75. The van der Waals surface area contributed by atoms with Gasteiger partial charge in [-0.15, -0.1) is 0 Å². The lowest BCUT2D eigenvalue weighted by Crippen LogP contribution is -2.32. The van der Waals surface area contributed by atoms with Gasteiger partial charge in [0.05, 0.1) is 13.2 Å². The third-order valence-corrected chi connectivity index (χ3v) is 5.63. The van der Waals surface area contributed by atoms with E-state index in [2.05, 4.69) is 23.5 Å². The van der Waals surface area contributed by atoms with Gasteiger partial charge in [0.1, 0.15) is 0 Å². The second kappa shape index (κ2) is 6.26. The molecule has 0 saturated carbocycles. The van der Waals surface area contributed by atoms with E-state index in [1.807, 2.05) is 0 Å². The van der Waals surface area contributed by atoms with Gasteiger partial charge in [-0.25, -0.2) is 0 Å². The largest absolute Gasteiger partial charge is 0.482 e. The molecule has 0 aromatic rings. The summed E-state index contributed by atoms with van der Waals surface area (Å²) >= 11 is 0. The molecule has 4 aliphatic rings. The molecular weight excluding hydrogens is 302 g/mol. The van der Waals surface area contributed by atoms with Gasteiger partial charge in [0.2, 0.25) is 0 Å². The van der Waals surface area contributed by atoms with E-state index < -0.39 is 6.10 Å². The minimum Gasteiger partial charge on any atom is -0.482 e. The number of hydrogen-bond acceptors (Lipinski definition) is 4. The normalized spacial score (nSPS) is 28.9. The summed E-state index contributed by atoms with van der Waals surface area (Å²) in [6, 6.07) is 0. The number of allylic oxidation sites excluding steroid dienone is 6. The van der Waals surface area contributed by atoms with Gasteiger partial charge in [0, 0.05) is 18.7 Å². The maximum Gasteiger partial charge on any atom is 0.195 e. The molecule has 24 heavy (non-hydrogen) atoms. The molecule has 0 radical (unpaired) electrons. The number of methoxy groups -OCH3 is 1. The third-order valence-electron chi connectivity index (χ3n) is 5.63. The summed E-state index contributed by atoms with van der Waals surface area (Å²) in [5.41, 5.74) is 7.31. The number of ether oxygens (including phenoxy) is 1. The van der Waals surface area contributed by atoms with Gasteiger partial charge in [-0.2, -0.15) is 0 Å². The zero-order valence-corrected chi connectivity index (χ0v) is 14.1. The third kappa shape index (κ3) is 2.45. The number of rotatable bonds is 3. The maximum atomic E-state index is 10.9. The first-order valence-corrected chi connectivity index (χ1v) is 8.85. The van der Waals surface area contributed by atoms with Crippen molar-refractivity contribution in [2.75, 3.05) is 20.3 Å². The van der Waals surface area contributed by atoms with Crippen LogP contribution >= 0.6 is 0 Å². The highest BCUT2D eigenvalue weighted by molar-refractivity contribution is 5.68. The second-order valence-corrected chi connectivity index (χ2v) is 7.06. The number of aliphatic hydroxyl groups is 2. The molecule has 0 spiro atoms. The molecule has 3 aliphatic carbocycles. The van der Waals surface area contributed by atoms with Crippen molar-refractivity contribution in [2.24, 2.45) is 5.92 Å². The van der Waals surface area contributed by atoms with Crippen molar-refractivity contribution in [3.63, 3.8) is 0 Å². The molecule has 4 nitrogen and oxygen atoms in total. The molecule has 0 saturated heterocycles. The van der Waals surface area contributed by atoms with E-state index in [1.54, 1.807) is 7.11 Å². The molecule has 0 bridgehead atoms. The standard InChI is InChI=1S/C20H25NO3/c1-24-20-19-17-13(3-2-4-15(17)11-21-20)5-6-14-9-12(7-8-22)10-16(23)18(14)19/h2-3,5,12,16,21-23H,4,6-11H2,1H3. The van der Waals surface area contributed by atoms with Crippen molar-refractivity contribution in [2.45, 2.75) is 38.2 Å². The summed E-state index contributed by atoms with van der Waals surface area (Å²) in [7, 11) is 1.69.